The molecule has 1 aromatic carbocycles. The standard InChI is InChI=1S/C11H13IN2O/c12-9-3-1-2-4-10(9)14-11(15)5-8-6-13-7-8/h1-4,8,13H,5-7H2,(H,14,15). The van der Waals surface area contributed by atoms with Crippen LogP contribution in [0.2, 0.25) is 0 Å². The third kappa shape index (κ3) is 2.92. The van der Waals surface area contributed by atoms with E-state index in [2.05, 4.69) is 33.2 Å². The first-order valence-electron chi connectivity index (χ1n) is 5.01. The van der Waals surface area contributed by atoms with Crippen LogP contribution in [0.1, 0.15) is 6.42 Å². The second-order valence-corrected chi connectivity index (χ2v) is 4.92. The summed E-state index contributed by atoms with van der Waals surface area (Å²) >= 11 is 2.22. The number of carbonyl (C=O) groups is 1. The van der Waals surface area contributed by atoms with E-state index < -0.39 is 0 Å². The maximum absolute atomic E-state index is 11.6. The lowest BCUT2D eigenvalue weighted by molar-refractivity contribution is -0.117. The van der Waals surface area contributed by atoms with Crippen LogP contribution in [0.3, 0.4) is 0 Å². The average Bonchev–Trinajstić information content (AvgIpc) is 2.16. The predicted molar refractivity (Wildman–Crippen MR) is 68.8 cm³/mol. The molecular formula is C11H13IN2O. The molecule has 2 rings (SSSR count). The van der Waals surface area contributed by atoms with Crippen molar-refractivity contribution in [2.45, 2.75) is 6.42 Å². The van der Waals surface area contributed by atoms with Crippen LogP contribution in [0.15, 0.2) is 24.3 Å². The van der Waals surface area contributed by atoms with E-state index in [0.717, 1.165) is 22.3 Å². The van der Waals surface area contributed by atoms with Gasteiger partial charge in [0.25, 0.3) is 0 Å². The highest BCUT2D eigenvalue weighted by atomic mass is 127. The first kappa shape index (κ1) is 10.9. The lowest BCUT2D eigenvalue weighted by Crippen LogP contribution is -2.43. The molecule has 0 bridgehead atoms. The number of para-hydroxylation sites is 1. The van der Waals surface area contributed by atoms with Crippen LogP contribution in [-0.4, -0.2) is 19.0 Å². The molecule has 1 amide bonds. The van der Waals surface area contributed by atoms with E-state index in [-0.39, 0.29) is 5.91 Å². The zero-order chi connectivity index (χ0) is 10.7. The van der Waals surface area contributed by atoms with Crippen molar-refractivity contribution in [3.05, 3.63) is 27.8 Å². The molecule has 1 heterocycles. The van der Waals surface area contributed by atoms with E-state index in [9.17, 15) is 4.79 Å². The van der Waals surface area contributed by atoms with E-state index in [0.29, 0.717) is 12.3 Å². The number of hydrogen-bond acceptors (Lipinski definition) is 2. The van der Waals surface area contributed by atoms with Gasteiger partial charge in [-0.1, -0.05) is 12.1 Å². The third-order valence-electron chi connectivity index (χ3n) is 2.49. The van der Waals surface area contributed by atoms with E-state index in [4.69, 9.17) is 0 Å². The number of carbonyl (C=O) groups excluding carboxylic acids is 1. The molecule has 1 aliphatic rings. The van der Waals surface area contributed by atoms with Crippen molar-refractivity contribution in [1.82, 2.24) is 5.32 Å². The van der Waals surface area contributed by atoms with Gasteiger partial charge in [-0.15, -0.1) is 0 Å². The number of anilines is 1. The zero-order valence-corrected chi connectivity index (χ0v) is 10.5. The Morgan fingerprint density at radius 3 is 2.80 bits per heavy atom. The fourth-order valence-electron chi connectivity index (χ4n) is 1.52. The lowest BCUT2D eigenvalue weighted by Gasteiger charge is -2.26. The minimum Gasteiger partial charge on any atom is -0.325 e. The summed E-state index contributed by atoms with van der Waals surface area (Å²) in [6.07, 6.45) is 0.623. The van der Waals surface area contributed by atoms with Crippen molar-refractivity contribution in [3.8, 4) is 0 Å². The number of amides is 1. The van der Waals surface area contributed by atoms with Crippen molar-refractivity contribution in [3.63, 3.8) is 0 Å². The molecular weight excluding hydrogens is 303 g/mol. The summed E-state index contributed by atoms with van der Waals surface area (Å²) in [4.78, 5) is 11.6. The topological polar surface area (TPSA) is 41.1 Å². The van der Waals surface area contributed by atoms with Gasteiger partial charge in [-0.2, -0.15) is 0 Å². The van der Waals surface area contributed by atoms with Crippen molar-refractivity contribution in [2.75, 3.05) is 18.4 Å². The summed E-state index contributed by atoms with van der Waals surface area (Å²) in [5.74, 6) is 0.636. The Hall–Kier alpha value is -0.620. The Morgan fingerprint density at radius 1 is 1.47 bits per heavy atom. The zero-order valence-electron chi connectivity index (χ0n) is 8.29. The molecule has 2 N–H and O–H groups in total. The highest BCUT2D eigenvalue weighted by Gasteiger charge is 2.20. The molecule has 3 nitrogen and oxygen atoms in total. The second-order valence-electron chi connectivity index (χ2n) is 3.76. The molecule has 1 aliphatic heterocycles. The maximum atomic E-state index is 11.6. The monoisotopic (exact) mass is 316 g/mol. The van der Waals surface area contributed by atoms with Gasteiger partial charge in [-0.25, -0.2) is 0 Å². The molecule has 15 heavy (non-hydrogen) atoms. The molecule has 0 aliphatic carbocycles. The minimum absolute atomic E-state index is 0.116. The molecule has 0 aromatic heterocycles. The van der Waals surface area contributed by atoms with Gasteiger partial charge in [0.15, 0.2) is 0 Å². The van der Waals surface area contributed by atoms with Crippen LogP contribution in [0.4, 0.5) is 5.69 Å². The Morgan fingerprint density at radius 2 is 2.20 bits per heavy atom. The molecule has 1 aromatic rings. The number of benzene rings is 1. The summed E-state index contributed by atoms with van der Waals surface area (Å²) < 4.78 is 1.08. The average molecular weight is 316 g/mol. The number of hydrogen-bond donors (Lipinski definition) is 2. The Kier molecular flexibility index (Phi) is 3.58. The normalized spacial score (nSPS) is 15.8. The lowest BCUT2D eigenvalue weighted by atomic mass is 9.99. The van der Waals surface area contributed by atoms with Crippen LogP contribution < -0.4 is 10.6 Å². The predicted octanol–water partition coefficient (Wildman–Crippen LogP) is 1.84. The smallest absolute Gasteiger partial charge is 0.224 e. The van der Waals surface area contributed by atoms with Gasteiger partial charge in [0.1, 0.15) is 0 Å². The minimum atomic E-state index is 0.116. The summed E-state index contributed by atoms with van der Waals surface area (Å²) in [6.45, 7) is 1.94. The van der Waals surface area contributed by atoms with Gasteiger partial charge in [-0.3, -0.25) is 4.79 Å². The Balaban J connectivity index is 1.90. The van der Waals surface area contributed by atoms with Gasteiger partial charge < -0.3 is 10.6 Å². The van der Waals surface area contributed by atoms with Crippen LogP contribution in [0.25, 0.3) is 0 Å². The van der Waals surface area contributed by atoms with E-state index >= 15 is 0 Å². The van der Waals surface area contributed by atoms with Crippen LogP contribution in [0.5, 0.6) is 0 Å². The molecule has 0 radical (unpaired) electrons. The molecule has 0 spiro atoms. The fraction of sp³-hybridized carbons (Fsp3) is 0.364. The summed E-state index contributed by atoms with van der Waals surface area (Å²) in [5.41, 5.74) is 0.912. The first-order valence-corrected chi connectivity index (χ1v) is 6.08. The molecule has 1 saturated heterocycles. The Labute approximate surface area is 103 Å². The second kappa shape index (κ2) is 4.94. The van der Waals surface area contributed by atoms with Crippen LogP contribution in [0, 0.1) is 9.49 Å². The molecule has 1 fully saturated rings. The largest absolute Gasteiger partial charge is 0.325 e. The van der Waals surface area contributed by atoms with Gasteiger partial charge in [0.2, 0.25) is 5.91 Å². The van der Waals surface area contributed by atoms with Crippen molar-refractivity contribution >= 4 is 34.2 Å². The molecule has 4 heteroatoms. The molecule has 0 unspecified atom stereocenters. The third-order valence-corrected chi connectivity index (χ3v) is 3.43. The first-order chi connectivity index (χ1) is 7.25. The molecule has 0 saturated carbocycles. The molecule has 0 atom stereocenters. The highest BCUT2D eigenvalue weighted by molar-refractivity contribution is 14.1. The quantitative estimate of drug-likeness (QED) is 0.836. The SMILES string of the molecule is O=C(CC1CNC1)Nc1ccccc1I. The van der Waals surface area contributed by atoms with E-state index in [1.807, 2.05) is 24.3 Å². The van der Waals surface area contributed by atoms with Crippen molar-refractivity contribution < 1.29 is 4.79 Å². The maximum Gasteiger partial charge on any atom is 0.224 e. The summed E-state index contributed by atoms with van der Waals surface area (Å²) in [7, 11) is 0. The summed E-state index contributed by atoms with van der Waals surface area (Å²) in [5, 5.41) is 6.10. The highest BCUT2D eigenvalue weighted by Crippen LogP contribution is 2.18. The number of halogens is 1. The van der Waals surface area contributed by atoms with E-state index in [1.54, 1.807) is 0 Å². The summed E-state index contributed by atoms with van der Waals surface area (Å²) in [6, 6.07) is 7.82. The Bertz CT molecular complexity index is 363. The fourth-order valence-corrected chi connectivity index (χ4v) is 2.04. The molecule has 80 valence electrons. The van der Waals surface area contributed by atoms with Gasteiger partial charge in [0.05, 0.1) is 5.69 Å². The van der Waals surface area contributed by atoms with Gasteiger partial charge in [-0.05, 0) is 53.7 Å². The van der Waals surface area contributed by atoms with Crippen molar-refractivity contribution in [1.29, 1.82) is 0 Å². The van der Waals surface area contributed by atoms with E-state index in [1.165, 1.54) is 0 Å². The van der Waals surface area contributed by atoms with Gasteiger partial charge >= 0.3 is 0 Å². The van der Waals surface area contributed by atoms with Crippen molar-refractivity contribution in [2.24, 2.45) is 5.92 Å². The van der Waals surface area contributed by atoms with Crippen LogP contribution >= 0.6 is 22.6 Å². The number of nitrogens with one attached hydrogen (secondary N) is 2. The van der Waals surface area contributed by atoms with Crippen LogP contribution in [-0.2, 0) is 4.79 Å². The number of rotatable bonds is 3. The van der Waals surface area contributed by atoms with Gasteiger partial charge in [0, 0.05) is 9.99 Å².